The summed E-state index contributed by atoms with van der Waals surface area (Å²) in [5, 5.41) is 0. The van der Waals surface area contributed by atoms with E-state index in [-0.39, 0.29) is 12.2 Å². The molecule has 3 aromatic rings. The first kappa shape index (κ1) is 20.7. The molecule has 0 spiro atoms. The van der Waals surface area contributed by atoms with Crippen LogP contribution in [0.2, 0.25) is 0 Å². The molecule has 2 heteroatoms. The molecular formula is C27H29NO. The van der Waals surface area contributed by atoms with Crippen molar-refractivity contribution in [1.29, 1.82) is 0 Å². The van der Waals surface area contributed by atoms with E-state index in [0.717, 1.165) is 22.5 Å². The third-order valence-electron chi connectivity index (χ3n) is 5.12. The number of ketones is 1. The topological polar surface area (TPSA) is 29.4 Å². The Morgan fingerprint density at radius 1 is 0.690 bits per heavy atom. The average molecular weight is 384 g/mol. The number of benzene rings is 3. The normalized spacial score (nSPS) is 11.9. The van der Waals surface area contributed by atoms with Crippen LogP contribution in [0.4, 0.5) is 5.69 Å². The van der Waals surface area contributed by atoms with Gasteiger partial charge >= 0.3 is 0 Å². The van der Waals surface area contributed by atoms with Gasteiger partial charge in [-0.15, -0.1) is 0 Å². The van der Waals surface area contributed by atoms with Gasteiger partial charge in [-0.2, -0.15) is 0 Å². The first-order valence-corrected chi connectivity index (χ1v) is 10.3. The minimum atomic E-state index is 0.0846. The van der Waals surface area contributed by atoms with E-state index < -0.39 is 0 Å². The molecule has 0 aromatic heterocycles. The molecule has 0 atom stereocenters. The summed E-state index contributed by atoms with van der Waals surface area (Å²) in [5.74, 6) is 0.796. The van der Waals surface area contributed by atoms with Crippen molar-refractivity contribution in [2.24, 2.45) is 4.99 Å². The zero-order chi connectivity index (χ0) is 20.8. The Hall–Kier alpha value is -3.00. The van der Waals surface area contributed by atoms with Gasteiger partial charge in [0.25, 0.3) is 0 Å². The van der Waals surface area contributed by atoms with E-state index >= 15 is 0 Å². The summed E-state index contributed by atoms with van der Waals surface area (Å²) in [5.41, 5.74) is 5.97. The Morgan fingerprint density at radius 3 is 1.66 bits per heavy atom. The van der Waals surface area contributed by atoms with E-state index in [2.05, 4.69) is 45.9 Å². The van der Waals surface area contributed by atoms with E-state index in [1.54, 1.807) is 0 Å². The van der Waals surface area contributed by atoms with Gasteiger partial charge in [-0.3, -0.25) is 9.79 Å². The van der Waals surface area contributed by atoms with Crippen LogP contribution in [-0.2, 0) is 0 Å². The molecule has 0 aliphatic carbocycles. The molecule has 0 heterocycles. The fraction of sp³-hybridized carbons (Fsp3) is 0.259. The first-order valence-electron chi connectivity index (χ1n) is 10.3. The van der Waals surface area contributed by atoms with Crippen LogP contribution in [-0.4, -0.2) is 11.5 Å². The fourth-order valence-corrected chi connectivity index (χ4v) is 3.49. The zero-order valence-electron chi connectivity index (χ0n) is 17.7. The molecule has 0 unspecified atom stereocenters. The number of hydrogen-bond donors (Lipinski definition) is 0. The van der Waals surface area contributed by atoms with Crippen LogP contribution in [0.3, 0.4) is 0 Å². The SMILES string of the molecule is CC(C)c1cccc(C(C)C)c1N=C(CC(=O)c1ccccc1)c1ccccc1. The standard InChI is InChI=1S/C27H29NO/c1-19(2)23-16-11-17-24(20(3)4)27(23)28-25(21-12-7-5-8-13-21)18-26(29)22-14-9-6-10-15-22/h5-17,19-20H,18H2,1-4H3. The minimum Gasteiger partial charge on any atom is -0.294 e. The van der Waals surface area contributed by atoms with Gasteiger partial charge in [-0.1, -0.05) is 107 Å². The smallest absolute Gasteiger partial charge is 0.168 e. The quantitative estimate of drug-likeness (QED) is 0.310. The average Bonchev–Trinajstić information content (AvgIpc) is 2.74. The van der Waals surface area contributed by atoms with Gasteiger partial charge in [-0.25, -0.2) is 0 Å². The molecule has 0 saturated carbocycles. The maximum atomic E-state index is 13.0. The third-order valence-corrected chi connectivity index (χ3v) is 5.12. The second-order valence-electron chi connectivity index (χ2n) is 7.98. The van der Waals surface area contributed by atoms with Crippen molar-refractivity contribution in [2.45, 2.75) is 46.0 Å². The van der Waals surface area contributed by atoms with Crippen molar-refractivity contribution in [3.63, 3.8) is 0 Å². The van der Waals surface area contributed by atoms with Gasteiger partial charge in [0.15, 0.2) is 5.78 Å². The lowest BCUT2D eigenvalue weighted by Gasteiger charge is -2.18. The van der Waals surface area contributed by atoms with Crippen molar-refractivity contribution in [3.8, 4) is 0 Å². The highest BCUT2D eigenvalue weighted by Crippen LogP contribution is 2.35. The van der Waals surface area contributed by atoms with Gasteiger partial charge in [0.05, 0.1) is 17.8 Å². The minimum absolute atomic E-state index is 0.0846. The molecule has 3 aromatic carbocycles. The van der Waals surface area contributed by atoms with Crippen molar-refractivity contribution < 1.29 is 4.79 Å². The third kappa shape index (κ3) is 5.08. The maximum Gasteiger partial charge on any atom is 0.168 e. The van der Waals surface area contributed by atoms with Crippen LogP contribution in [0.1, 0.15) is 73.0 Å². The van der Waals surface area contributed by atoms with Gasteiger partial charge in [-0.05, 0) is 28.5 Å². The molecule has 0 amide bonds. The lowest BCUT2D eigenvalue weighted by molar-refractivity contribution is 0.100. The molecule has 0 saturated heterocycles. The largest absolute Gasteiger partial charge is 0.294 e. The molecule has 0 bridgehead atoms. The molecule has 0 aliphatic rings. The van der Waals surface area contributed by atoms with Gasteiger partial charge < -0.3 is 0 Å². The molecule has 0 N–H and O–H groups in total. The molecule has 0 radical (unpaired) electrons. The number of para-hydroxylation sites is 1. The molecule has 29 heavy (non-hydrogen) atoms. The van der Waals surface area contributed by atoms with Crippen LogP contribution in [0.25, 0.3) is 0 Å². The van der Waals surface area contributed by atoms with E-state index in [1.165, 1.54) is 11.1 Å². The monoisotopic (exact) mass is 383 g/mol. The Bertz CT molecular complexity index is 959. The van der Waals surface area contributed by atoms with Gasteiger partial charge in [0, 0.05) is 5.56 Å². The Balaban J connectivity index is 2.13. The molecule has 0 fully saturated rings. The van der Waals surface area contributed by atoms with Crippen molar-refractivity contribution in [1.82, 2.24) is 0 Å². The van der Waals surface area contributed by atoms with E-state index in [9.17, 15) is 4.79 Å². The van der Waals surface area contributed by atoms with Crippen molar-refractivity contribution >= 4 is 17.2 Å². The predicted octanol–water partition coefficient (Wildman–Crippen LogP) is 7.33. The molecule has 3 rings (SSSR count). The first-order chi connectivity index (χ1) is 14.0. The number of carbonyl (C=O) groups is 1. The number of hydrogen-bond acceptors (Lipinski definition) is 2. The van der Waals surface area contributed by atoms with E-state index in [0.29, 0.717) is 11.8 Å². The number of aliphatic imine (C=N–C) groups is 1. The number of Topliss-reactive ketones (excluding diaryl/α,β-unsaturated/α-hetero) is 1. The highest BCUT2D eigenvalue weighted by molar-refractivity contribution is 6.16. The highest BCUT2D eigenvalue weighted by Gasteiger charge is 2.17. The van der Waals surface area contributed by atoms with Crippen LogP contribution >= 0.6 is 0 Å². The predicted molar refractivity (Wildman–Crippen MR) is 123 cm³/mol. The second-order valence-corrected chi connectivity index (χ2v) is 7.98. The fourth-order valence-electron chi connectivity index (χ4n) is 3.49. The highest BCUT2D eigenvalue weighted by atomic mass is 16.1. The summed E-state index contributed by atoms with van der Waals surface area (Å²) in [6.45, 7) is 8.76. The van der Waals surface area contributed by atoms with Gasteiger partial charge in [0.2, 0.25) is 0 Å². The summed E-state index contributed by atoms with van der Waals surface area (Å²) >= 11 is 0. The van der Waals surface area contributed by atoms with Crippen molar-refractivity contribution in [2.75, 3.05) is 0 Å². The van der Waals surface area contributed by atoms with Crippen LogP contribution in [0.15, 0.2) is 83.9 Å². The molecule has 148 valence electrons. The Kier molecular flexibility index (Phi) is 6.77. The molecular weight excluding hydrogens is 354 g/mol. The summed E-state index contributed by atoms with van der Waals surface area (Å²) in [6, 6.07) is 25.9. The molecule has 0 aliphatic heterocycles. The Morgan fingerprint density at radius 2 is 1.17 bits per heavy atom. The van der Waals surface area contributed by atoms with Crippen LogP contribution in [0.5, 0.6) is 0 Å². The van der Waals surface area contributed by atoms with E-state index in [1.807, 2.05) is 60.7 Å². The summed E-state index contributed by atoms with van der Waals surface area (Å²) in [4.78, 5) is 18.1. The lowest BCUT2D eigenvalue weighted by atomic mass is 9.92. The molecule has 2 nitrogen and oxygen atoms in total. The maximum absolute atomic E-state index is 13.0. The Labute approximate surface area is 174 Å². The lowest BCUT2D eigenvalue weighted by Crippen LogP contribution is -2.10. The number of carbonyl (C=O) groups excluding carboxylic acids is 1. The van der Waals surface area contributed by atoms with Crippen LogP contribution < -0.4 is 0 Å². The van der Waals surface area contributed by atoms with E-state index in [4.69, 9.17) is 4.99 Å². The number of nitrogens with zero attached hydrogens (tertiary/aromatic N) is 1. The van der Waals surface area contributed by atoms with Gasteiger partial charge in [0.1, 0.15) is 0 Å². The van der Waals surface area contributed by atoms with Crippen molar-refractivity contribution in [3.05, 3.63) is 101 Å². The van der Waals surface area contributed by atoms with Crippen LogP contribution in [0, 0.1) is 0 Å². The summed E-state index contributed by atoms with van der Waals surface area (Å²) in [6.07, 6.45) is 0.276. The number of rotatable bonds is 7. The second kappa shape index (κ2) is 9.47. The summed E-state index contributed by atoms with van der Waals surface area (Å²) in [7, 11) is 0. The summed E-state index contributed by atoms with van der Waals surface area (Å²) < 4.78 is 0. The zero-order valence-corrected chi connectivity index (χ0v) is 17.7.